The van der Waals surface area contributed by atoms with Crippen LogP contribution in [0.1, 0.15) is 19.4 Å². The van der Waals surface area contributed by atoms with Gasteiger partial charge in [-0.3, -0.25) is 4.79 Å². The Hall–Kier alpha value is -1.77. The molecule has 15 heavy (non-hydrogen) atoms. The van der Waals surface area contributed by atoms with E-state index in [1.54, 1.807) is 6.08 Å². The molecule has 0 aliphatic carbocycles. The second-order valence-electron chi connectivity index (χ2n) is 3.67. The molecule has 0 aliphatic heterocycles. The lowest BCUT2D eigenvalue weighted by atomic mass is 10.2. The fraction of sp³-hybridized carbons (Fsp3) is 0.250. The van der Waals surface area contributed by atoms with E-state index < -0.39 is 0 Å². The molecule has 0 fully saturated rings. The monoisotopic (exact) mass is 204 g/mol. The molecule has 1 amide bonds. The third-order valence-corrected chi connectivity index (χ3v) is 1.77. The highest BCUT2D eigenvalue weighted by atomic mass is 16.1. The Morgan fingerprint density at radius 2 is 2.20 bits per heavy atom. The van der Waals surface area contributed by atoms with Crippen LogP contribution in [-0.4, -0.2) is 11.9 Å². The molecule has 3 heteroatoms. The van der Waals surface area contributed by atoms with Gasteiger partial charge >= 0.3 is 0 Å². The quantitative estimate of drug-likeness (QED) is 0.582. The van der Waals surface area contributed by atoms with Crippen LogP contribution < -0.4 is 11.1 Å². The van der Waals surface area contributed by atoms with Crippen LogP contribution >= 0.6 is 0 Å². The van der Waals surface area contributed by atoms with Crippen LogP contribution in [0.2, 0.25) is 0 Å². The number of carbonyl (C=O) groups excluding carboxylic acids is 1. The average Bonchev–Trinajstić information content (AvgIpc) is 2.14. The van der Waals surface area contributed by atoms with Gasteiger partial charge in [0.05, 0.1) is 0 Å². The zero-order valence-corrected chi connectivity index (χ0v) is 9.03. The molecule has 1 aromatic rings. The van der Waals surface area contributed by atoms with Gasteiger partial charge in [0.1, 0.15) is 0 Å². The minimum absolute atomic E-state index is 0.0903. The molecule has 0 saturated carbocycles. The first-order valence-electron chi connectivity index (χ1n) is 4.92. The number of rotatable bonds is 3. The summed E-state index contributed by atoms with van der Waals surface area (Å²) in [5, 5.41) is 2.77. The molecule has 0 aromatic heterocycles. The van der Waals surface area contributed by atoms with E-state index in [-0.39, 0.29) is 11.9 Å². The maximum atomic E-state index is 11.3. The number of hydrogen-bond acceptors (Lipinski definition) is 2. The normalized spacial score (nSPS) is 10.9. The minimum Gasteiger partial charge on any atom is -0.399 e. The Bertz CT molecular complexity index is 370. The predicted molar refractivity (Wildman–Crippen MR) is 63.2 cm³/mol. The van der Waals surface area contributed by atoms with Gasteiger partial charge in [-0.1, -0.05) is 12.1 Å². The maximum Gasteiger partial charge on any atom is 0.244 e. The van der Waals surface area contributed by atoms with Crippen molar-refractivity contribution in [3.63, 3.8) is 0 Å². The van der Waals surface area contributed by atoms with Crippen LogP contribution in [0.25, 0.3) is 6.08 Å². The molecular weight excluding hydrogens is 188 g/mol. The van der Waals surface area contributed by atoms with Gasteiger partial charge in [0.2, 0.25) is 5.91 Å². The van der Waals surface area contributed by atoms with Gasteiger partial charge in [0, 0.05) is 17.8 Å². The van der Waals surface area contributed by atoms with Gasteiger partial charge < -0.3 is 11.1 Å². The lowest BCUT2D eigenvalue weighted by Gasteiger charge is -2.04. The molecule has 0 saturated heterocycles. The standard InChI is InChI=1S/C12H16N2O/c1-9(2)14-12(15)7-6-10-4-3-5-11(13)8-10/h3-9H,13H2,1-2H3,(H,14,15)/b7-6+. The molecular formula is C12H16N2O. The topological polar surface area (TPSA) is 55.1 Å². The molecule has 0 radical (unpaired) electrons. The second-order valence-corrected chi connectivity index (χ2v) is 3.67. The molecule has 3 N–H and O–H groups in total. The molecule has 3 nitrogen and oxygen atoms in total. The van der Waals surface area contributed by atoms with Crippen molar-refractivity contribution in [2.75, 3.05) is 5.73 Å². The Morgan fingerprint density at radius 1 is 1.47 bits per heavy atom. The number of benzene rings is 1. The third-order valence-electron chi connectivity index (χ3n) is 1.77. The van der Waals surface area contributed by atoms with Gasteiger partial charge in [0.15, 0.2) is 0 Å². The molecule has 0 atom stereocenters. The molecule has 0 unspecified atom stereocenters. The zero-order chi connectivity index (χ0) is 11.3. The highest BCUT2D eigenvalue weighted by molar-refractivity contribution is 5.91. The van der Waals surface area contributed by atoms with Crippen molar-refractivity contribution in [3.8, 4) is 0 Å². The summed E-state index contributed by atoms with van der Waals surface area (Å²) in [7, 11) is 0. The predicted octanol–water partition coefficient (Wildman–Crippen LogP) is 1.81. The van der Waals surface area contributed by atoms with E-state index in [0.29, 0.717) is 5.69 Å². The summed E-state index contributed by atoms with van der Waals surface area (Å²) in [6.07, 6.45) is 3.25. The fourth-order valence-corrected chi connectivity index (χ4v) is 1.17. The number of amides is 1. The lowest BCUT2D eigenvalue weighted by Crippen LogP contribution is -2.28. The van der Waals surface area contributed by atoms with Crippen LogP contribution in [0.4, 0.5) is 5.69 Å². The SMILES string of the molecule is CC(C)NC(=O)/C=C/c1cccc(N)c1. The Morgan fingerprint density at radius 3 is 2.80 bits per heavy atom. The second kappa shape index (κ2) is 5.20. The van der Waals surface area contributed by atoms with Crippen LogP contribution in [0.15, 0.2) is 30.3 Å². The number of nitrogens with two attached hydrogens (primary N) is 1. The number of anilines is 1. The summed E-state index contributed by atoms with van der Waals surface area (Å²) in [5.74, 6) is -0.0903. The van der Waals surface area contributed by atoms with Crippen molar-refractivity contribution in [2.45, 2.75) is 19.9 Å². The van der Waals surface area contributed by atoms with E-state index in [2.05, 4.69) is 5.32 Å². The fourth-order valence-electron chi connectivity index (χ4n) is 1.17. The molecule has 0 aliphatic rings. The van der Waals surface area contributed by atoms with E-state index >= 15 is 0 Å². The summed E-state index contributed by atoms with van der Waals surface area (Å²) in [5.41, 5.74) is 7.23. The number of nitrogen functional groups attached to an aromatic ring is 1. The maximum absolute atomic E-state index is 11.3. The van der Waals surface area contributed by atoms with Crippen molar-refractivity contribution in [2.24, 2.45) is 0 Å². The number of nitrogens with one attached hydrogen (secondary N) is 1. The van der Waals surface area contributed by atoms with Gasteiger partial charge in [-0.15, -0.1) is 0 Å². The molecule has 1 aromatic carbocycles. The van der Waals surface area contributed by atoms with Crippen molar-refractivity contribution in [3.05, 3.63) is 35.9 Å². The van der Waals surface area contributed by atoms with Crippen molar-refractivity contribution < 1.29 is 4.79 Å². The molecule has 0 bridgehead atoms. The van der Waals surface area contributed by atoms with Crippen LogP contribution in [0, 0.1) is 0 Å². The van der Waals surface area contributed by atoms with Crippen LogP contribution in [-0.2, 0) is 4.79 Å². The first kappa shape index (κ1) is 11.3. The number of hydrogen-bond donors (Lipinski definition) is 2. The largest absolute Gasteiger partial charge is 0.399 e. The van der Waals surface area contributed by atoms with Crippen molar-refractivity contribution >= 4 is 17.7 Å². The van der Waals surface area contributed by atoms with Gasteiger partial charge in [-0.2, -0.15) is 0 Å². The summed E-state index contributed by atoms with van der Waals surface area (Å²) in [4.78, 5) is 11.3. The molecule has 0 spiro atoms. The third kappa shape index (κ3) is 4.31. The van der Waals surface area contributed by atoms with Crippen molar-refractivity contribution in [1.82, 2.24) is 5.32 Å². The lowest BCUT2D eigenvalue weighted by molar-refractivity contribution is -0.116. The Balaban J connectivity index is 2.61. The first-order valence-corrected chi connectivity index (χ1v) is 4.92. The van der Waals surface area contributed by atoms with Crippen LogP contribution in [0.5, 0.6) is 0 Å². The number of carbonyl (C=O) groups is 1. The van der Waals surface area contributed by atoms with E-state index in [1.807, 2.05) is 38.1 Å². The first-order chi connectivity index (χ1) is 7.08. The summed E-state index contributed by atoms with van der Waals surface area (Å²) in [6.45, 7) is 3.85. The smallest absolute Gasteiger partial charge is 0.244 e. The van der Waals surface area contributed by atoms with E-state index in [1.165, 1.54) is 6.08 Å². The zero-order valence-electron chi connectivity index (χ0n) is 9.03. The highest BCUT2D eigenvalue weighted by Gasteiger charge is 1.97. The highest BCUT2D eigenvalue weighted by Crippen LogP contribution is 2.07. The summed E-state index contributed by atoms with van der Waals surface area (Å²) < 4.78 is 0. The molecule has 80 valence electrons. The van der Waals surface area contributed by atoms with E-state index in [9.17, 15) is 4.79 Å². The summed E-state index contributed by atoms with van der Waals surface area (Å²) >= 11 is 0. The average molecular weight is 204 g/mol. The van der Waals surface area contributed by atoms with E-state index in [0.717, 1.165) is 5.56 Å². The molecule has 0 heterocycles. The summed E-state index contributed by atoms with van der Waals surface area (Å²) in [6, 6.07) is 7.54. The van der Waals surface area contributed by atoms with Crippen molar-refractivity contribution in [1.29, 1.82) is 0 Å². The molecule has 1 rings (SSSR count). The Kier molecular flexibility index (Phi) is 3.92. The van der Waals surface area contributed by atoms with Crippen LogP contribution in [0.3, 0.4) is 0 Å². The van der Waals surface area contributed by atoms with Gasteiger partial charge in [0.25, 0.3) is 0 Å². The van der Waals surface area contributed by atoms with E-state index in [4.69, 9.17) is 5.73 Å². The van der Waals surface area contributed by atoms with Gasteiger partial charge in [-0.25, -0.2) is 0 Å². The Labute approximate surface area is 90.0 Å². The van der Waals surface area contributed by atoms with Gasteiger partial charge in [-0.05, 0) is 37.6 Å². The minimum atomic E-state index is -0.0903.